The minimum absolute atomic E-state index is 0.252. The third-order valence-electron chi connectivity index (χ3n) is 1.70. The number of hydrogen-bond acceptors (Lipinski definition) is 5. The lowest BCUT2D eigenvalue weighted by molar-refractivity contribution is 0.220. The zero-order chi connectivity index (χ0) is 11.4. The van der Waals surface area contributed by atoms with Crippen LogP contribution in [0.15, 0.2) is 35.8 Å². The number of urea groups is 1. The second-order valence-electron chi connectivity index (χ2n) is 2.76. The number of hydroxylamine groups is 1. The normalized spacial score (nSPS) is 9.75. The van der Waals surface area contributed by atoms with Gasteiger partial charge in [0.25, 0.3) is 0 Å². The Morgan fingerprint density at radius 3 is 2.69 bits per heavy atom. The number of aromatic nitrogens is 2. The van der Waals surface area contributed by atoms with Crippen molar-refractivity contribution in [3.8, 4) is 5.19 Å². The molecule has 7 heteroatoms. The average molecular weight is 236 g/mol. The van der Waals surface area contributed by atoms with E-state index in [9.17, 15) is 4.79 Å². The summed E-state index contributed by atoms with van der Waals surface area (Å²) in [5.74, 6) is 0. The van der Waals surface area contributed by atoms with Crippen LogP contribution >= 0.6 is 11.3 Å². The number of nitrogens with two attached hydrogens (primary N) is 1. The summed E-state index contributed by atoms with van der Waals surface area (Å²) in [6.07, 6.45) is 0. The number of carbonyl (C=O) groups is 1. The fourth-order valence-electron chi connectivity index (χ4n) is 1.07. The molecule has 0 saturated heterocycles. The molecule has 16 heavy (non-hydrogen) atoms. The van der Waals surface area contributed by atoms with Gasteiger partial charge in [-0.2, -0.15) is 0 Å². The Hall–Kier alpha value is -2.15. The molecular weight excluding hydrogens is 228 g/mol. The van der Waals surface area contributed by atoms with Gasteiger partial charge in [0.05, 0.1) is 5.69 Å². The molecule has 1 aromatic heterocycles. The van der Waals surface area contributed by atoms with Crippen LogP contribution in [0, 0.1) is 0 Å². The molecule has 0 fully saturated rings. The van der Waals surface area contributed by atoms with Crippen molar-refractivity contribution in [2.24, 2.45) is 5.73 Å². The van der Waals surface area contributed by atoms with Gasteiger partial charge in [0.1, 0.15) is 5.51 Å². The molecule has 0 spiro atoms. The van der Waals surface area contributed by atoms with Crippen LogP contribution in [0.25, 0.3) is 0 Å². The fourth-order valence-corrected chi connectivity index (χ4v) is 1.47. The van der Waals surface area contributed by atoms with Crippen molar-refractivity contribution in [1.82, 2.24) is 10.2 Å². The third kappa shape index (κ3) is 2.26. The highest BCUT2D eigenvalue weighted by atomic mass is 32.1. The molecule has 0 unspecified atom stereocenters. The topological polar surface area (TPSA) is 81.3 Å². The molecule has 2 amide bonds. The molecule has 82 valence electrons. The Kier molecular flexibility index (Phi) is 2.97. The van der Waals surface area contributed by atoms with E-state index in [4.69, 9.17) is 10.6 Å². The molecule has 0 bridgehead atoms. The van der Waals surface area contributed by atoms with Gasteiger partial charge in [0, 0.05) is 0 Å². The van der Waals surface area contributed by atoms with Crippen LogP contribution in [0.5, 0.6) is 5.19 Å². The molecule has 2 rings (SSSR count). The maximum Gasteiger partial charge on any atom is 0.352 e. The molecule has 2 N–H and O–H groups in total. The van der Waals surface area contributed by atoms with Gasteiger partial charge in [-0.25, -0.2) is 4.79 Å². The predicted molar refractivity (Wildman–Crippen MR) is 59.0 cm³/mol. The monoisotopic (exact) mass is 236 g/mol. The van der Waals surface area contributed by atoms with Gasteiger partial charge >= 0.3 is 11.2 Å². The number of nitrogens with zero attached hydrogens (tertiary/aromatic N) is 3. The molecule has 6 nitrogen and oxygen atoms in total. The average Bonchev–Trinajstić information content (AvgIpc) is 2.79. The van der Waals surface area contributed by atoms with E-state index < -0.39 is 6.03 Å². The number of hydrogen-bond donors (Lipinski definition) is 1. The number of carbonyl (C=O) groups excluding carboxylic acids is 1. The lowest BCUT2D eigenvalue weighted by Gasteiger charge is -2.17. The van der Waals surface area contributed by atoms with Gasteiger partial charge in [-0.3, -0.25) is 0 Å². The Labute approximate surface area is 95.2 Å². The number of anilines is 1. The van der Waals surface area contributed by atoms with E-state index >= 15 is 0 Å². The minimum Gasteiger partial charge on any atom is -0.349 e. The van der Waals surface area contributed by atoms with E-state index in [1.165, 1.54) is 16.8 Å². The van der Waals surface area contributed by atoms with Gasteiger partial charge in [0.15, 0.2) is 0 Å². The second-order valence-corrected chi connectivity index (χ2v) is 3.56. The zero-order valence-electron chi connectivity index (χ0n) is 8.11. The maximum absolute atomic E-state index is 11.2. The van der Waals surface area contributed by atoms with Crippen LogP contribution in [-0.2, 0) is 0 Å². The highest BCUT2D eigenvalue weighted by molar-refractivity contribution is 7.11. The van der Waals surface area contributed by atoms with Crippen molar-refractivity contribution in [2.75, 3.05) is 5.06 Å². The van der Waals surface area contributed by atoms with Crippen LogP contribution in [0.3, 0.4) is 0 Å². The quantitative estimate of drug-likeness (QED) is 0.817. The first-order valence-corrected chi connectivity index (χ1v) is 5.24. The Bertz CT molecular complexity index is 460. The minimum atomic E-state index is -0.721. The van der Waals surface area contributed by atoms with Gasteiger partial charge in [-0.05, 0) is 12.1 Å². The summed E-state index contributed by atoms with van der Waals surface area (Å²) in [7, 11) is 0. The van der Waals surface area contributed by atoms with E-state index in [0.29, 0.717) is 5.69 Å². The van der Waals surface area contributed by atoms with Gasteiger partial charge in [-0.15, -0.1) is 10.2 Å². The van der Waals surface area contributed by atoms with Crippen LogP contribution < -0.4 is 15.6 Å². The summed E-state index contributed by atoms with van der Waals surface area (Å²) in [5, 5.41) is 8.47. The van der Waals surface area contributed by atoms with E-state index in [0.717, 1.165) is 5.06 Å². The number of amides is 2. The third-order valence-corrected chi connectivity index (χ3v) is 2.26. The molecular formula is C9H8N4O2S. The van der Waals surface area contributed by atoms with E-state index in [1.54, 1.807) is 24.3 Å². The molecule has 1 aromatic carbocycles. The fraction of sp³-hybridized carbons (Fsp3) is 0. The number of benzene rings is 1. The van der Waals surface area contributed by atoms with Crippen LogP contribution in [-0.4, -0.2) is 16.2 Å². The highest BCUT2D eigenvalue weighted by Gasteiger charge is 2.15. The van der Waals surface area contributed by atoms with Gasteiger partial charge in [0.2, 0.25) is 0 Å². The van der Waals surface area contributed by atoms with E-state index in [2.05, 4.69) is 10.2 Å². The first kappa shape index (κ1) is 10.4. The van der Waals surface area contributed by atoms with E-state index in [1.807, 2.05) is 6.07 Å². The van der Waals surface area contributed by atoms with E-state index in [-0.39, 0.29) is 5.19 Å². The first-order chi connectivity index (χ1) is 7.77. The number of para-hydroxylation sites is 1. The molecule has 0 aliphatic heterocycles. The summed E-state index contributed by atoms with van der Waals surface area (Å²) >= 11 is 1.17. The van der Waals surface area contributed by atoms with Crippen molar-refractivity contribution in [2.45, 2.75) is 0 Å². The molecule has 0 aliphatic carbocycles. The van der Waals surface area contributed by atoms with Crippen molar-refractivity contribution in [3.63, 3.8) is 0 Å². The molecule has 0 atom stereocenters. The maximum atomic E-state index is 11.2. The molecule has 1 heterocycles. The van der Waals surface area contributed by atoms with Crippen molar-refractivity contribution >= 4 is 23.1 Å². The lowest BCUT2D eigenvalue weighted by Crippen LogP contribution is -2.38. The summed E-state index contributed by atoms with van der Waals surface area (Å²) in [5.41, 5.74) is 7.24. The molecule has 0 saturated carbocycles. The predicted octanol–water partition coefficient (Wildman–Crippen LogP) is 1.42. The van der Waals surface area contributed by atoms with Crippen LogP contribution in [0.4, 0.5) is 10.5 Å². The lowest BCUT2D eigenvalue weighted by atomic mass is 10.3. The Morgan fingerprint density at radius 1 is 1.38 bits per heavy atom. The summed E-state index contributed by atoms with van der Waals surface area (Å²) < 4.78 is 0. The van der Waals surface area contributed by atoms with Crippen molar-refractivity contribution < 1.29 is 9.63 Å². The first-order valence-electron chi connectivity index (χ1n) is 4.36. The van der Waals surface area contributed by atoms with Crippen molar-refractivity contribution in [1.29, 1.82) is 0 Å². The SMILES string of the molecule is NC(=O)N(Oc1nncs1)c1ccccc1. The largest absolute Gasteiger partial charge is 0.352 e. The molecule has 0 radical (unpaired) electrons. The van der Waals surface area contributed by atoms with Gasteiger partial charge < -0.3 is 10.6 Å². The standard InChI is InChI=1S/C9H8N4O2S/c10-8(14)13(7-4-2-1-3-5-7)15-9-12-11-6-16-9/h1-6H,(H2,10,14). The molecule has 2 aromatic rings. The molecule has 0 aliphatic rings. The van der Waals surface area contributed by atoms with Crippen LogP contribution in [0.2, 0.25) is 0 Å². The van der Waals surface area contributed by atoms with Crippen LogP contribution in [0.1, 0.15) is 0 Å². The second kappa shape index (κ2) is 4.58. The van der Waals surface area contributed by atoms with Crippen molar-refractivity contribution in [3.05, 3.63) is 35.8 Å². The number of rotatable bonds is 3. The Balaban J connectivity index is 2.22. The number of primary amides is 1. The Morgan fingerprint density at radius 2 is 2.12 bits per heavy atom. The summed E-state index contributed by atoms with van der Waals surface area (Å²) in [6.45, 7) is 0. The van der Waals surface area contributed by atoms with Gasteiger partial charge in [-0.1, -0.05) is 34.6 Å². The highest BCUT2D eigenvalue weighted by Crippen LogP contribution is 2.18. The summed E-state index contributed by atoms with van der Waals surface area (Å²) in [4.78, 5) is 16.4. The zero-order valence-corrected chi connectivity index (χ0v) is 8.92. The smallest absolute Gasteiger partial charge is 0.349 e. The summed E-state index contributed by atoms with van der Waals surface area (Å²) in [6, 6.07) is 8.05.